The predicted molar refractivity (Wildman–Crippen MR) is 200 cm³/mol. The van der Waals surface area contributed by atoms with E-state index in [4.69, 9.17) is 15.0 Å². The first-order valence-corrected chi connectivity index (χ1v) is 16.5. The minimum absolute atomic E-state index is 0.169. The van der Waals surface area contributed by atoms with Crippen molar-refractivity contribution in [3.05, 3.63) is 181 Å². The fourth-order valence-electron chi connectivity index (χ4n) is 7.17. The van der Waals surface area contributed by atoms with E-state index in [0.29, 0.717) is 11.6 Å². The van der Waals surface area contributed by atoms with Crippen LogP contribution in [-0.4, -0.2) is 15.0 Å². The summed E-state index contributed by atoms with van der Waals surface area (Å²) in [7, 11) is 0. The number of rotatable bonds is 5. The summed E-state index contributed by atoms with van der Waals surface area (Å²) in [6.07, 6.45) is 7.42. The molecule has 1 aliphatic rings. The van der Waals surface area contributed by atoms with Crippen molar-refractivity contribution in [2.24, 2.45) is 0 Å². The average molecular weight is 614 g/mol. The van der Waals surface area contributed by atoms with Gasteiger partial charge >= 0.3 is 0 Å². The van der Waals surface area contributed by atoms with Crippen LogP contribution < -0.4 is 0 Å². The van der Waals surface area contributed by atoms with Crippen molar-refractivity contribution in [1.82, 2.24) is 15.0 Å². The van der Waals surface area contributed by atoms with Gasteiger partial charge in [-0.15, -0.1) is 0 Å². The Hall–Kier alpha value is -6.19. The predicted octanol–water partition coefficient (Wildman–Crippen LogP) is 11.5. The van der Waals surface area contributed by atoms with Gasteiger partial charge in [-0.1, -0.05) is 164 Å². The van der Waals surface area contributed by atoms with Crippen LogP contribution in [0, 0.1) is 0 Å². The SMILES string of the molecule is C1=CC(c2ccccc2-c2ccc3c4ccccc4c4ccccc4c3c2)CC(c2nc(-c3ccccc3)nc(-c3ccccc3)n2)=C1. The lowest BCUT2D eigenvalue weighted by Crippen LogP contribution is -2.07. The molecule has 0 N–H and O–H groups in total. The lowest BCUT2D eigenvalue weighted by molar-refractivity contribution is 0.855. The molecule has 0 amide bonds. The summed E-state index contributed by atoms with van der Waals surface area (Å²) in [6, 6.07) is 53.7. The maximum Gasteiger partial charge on any atom is 0.164 e. The van der Waals surface area contributed by atoms with Crippen molar-refractivity contribution in [1.29, 1.82) is 0 Å². The van der Waals surface area contributed by atoms with Crippen LogP contribution in [0.15, 0.2) is 170 Å². The molecule has 0 spiro atoms. The second-order valence-corrected chi connectivity index (χ2v) is 12.4. The Bertz CT molecular complexity index is 2440. The molecule has 226 valence electrons. The quantitative estimate of drug-likeness (QED) is 0.181. The molecule has 0 radical (unpaired) electrons. The molecule has 0 aliphatic heterocycles. The molecular formula is C45H31N3. The molecule has 0 bridgehead atoms. The zero-order valence-corrected chi connectivity index (χ0v) is 26.3. The van der Waals surface area contributed by atoms with Gasteiger partial charge in [-0.2, -0.15) is 0 Å². The highest BCUT2D eigenvalue weighted by Crippen LogP contribution is 2.41. The topological polar surface area (TPSA) is 38.7 Å². The van der Waals surface area contributed by atoms with Crippen molar-refractivity contribution in [2.45, 2.75) is 12.3 Å². The Kier molecular flexibility index (Phi) is 6.94. The third-order valence-corrected chi connectivity index (χ3v) is 9.48. The van der Waals surface area contributed by atoms with E-state index < -0.39 is 0 Å². The van der Waals surface area contributed by atoms with Gasteiger partial charge in [0.2, 0.25) is 0 Å². The Morgan fingerprint density at radius 3 is 1.54 bits per heavy atom. The van der Waals surface area contributed by atoms with Crippen molar-refractivity contribution in [3.63, 3.8) is 0 Å². The maximum atomic E-state index is 5.03. The van der Waals surface area contributed by atoms with Gasteiger partial charge in [0.05, 0.1) is 0 Å². The zero-order valence-electron chi connectivity index (χ0n) is 26.3. The molecule has 9 rings (SSSR count). The van der Waals surface area contributed by atoms with E-state index in [-0.39, 0.29) is 5.92 Å². The summed E-state index contributed by atoms with van der Waals surface area (Å²) in [5.41, 5.74) is 6.82. The third kappa shape index (κ3) is 4.97. The monoisotopic (exact) mass is 613 g/mol. The van der Waals surface area contributed by atoms with E-state index >= 15 is 0 Å². The highest BCUT2D eigenvalue weighted by atomic mass is 15.0. The number of aromatic nitrogens is 3. The fourth-order valence-corrected chi connectivity index (χ4v) is 7.17. The zero-order chi connectivity index (χ0) is 31.9. The van der Waals surface area contributed by atoms with Gasteiger partial charge in [-0.25, -0.2) is 15.0 Å². The van der Waals surface area contributed by atoms with Crippen LogP contribution in [0.25, 0.3) is 71.8 Å². The summed E-state index contributed by atoms with van der Waals surface area (Å²) in [5.74, 6) is 2.26. The molecule has 1 heterocycles. The van der Waals surface area contributed by atoms with Gasteiger partial charge in [0.15, 0.2) is 17.5 Å². The molecule has 0 saturated carbocycles. The van der Waals surface area contributed by atoms with Crippen LogP contribution >= 0.6 is 0 Å². The van der Waals surface area contributed by atoms with Gasteiger partial charge in [0.1, 0.15) is 0 Å². The molecule has 1 atom stereocenters. The molecule has 7 aromatic carbocycles. The van der Waals surface area contributed by atoms with Gasteiger partial charge in [0.25, 0.3) is 0 Å². The van der Waals surface area contributed by atoms with Gasteiger partial charge in [0, 0.05) is 17.0 Å². The van der Waals surface area contributed by atoms with Crippen LogP contribution in [0.5, 0.6) is 0 Å². The van der Waals surface area contributed by atoms with E-state index in [1.165, 1.54) is 49.0 Å². The lowest BCUT2D eigenvalue weighted by atomic mass is 9.83. The molecule has 1 aromatic heterocycles. The van der Waals surface area contributed by atoms with Crippen LogP contribution in [0.4, 0.5) is 0 Å². The number of nitrogens with zero attached hydrogens (tertiary/aromatic N) is 3. The highest BCUT2D eigenvalue weighted by Gasteiger charge is 2.22. The molecular weight excluding hydrogens is 583 g/mol. The Morgan fingerprint density at radius 1 is 0.417 bits per heavy atom. The molecule has 3 nitrogen and oxygen atoms in total. The van der Waals surface area contributed by atoms with Crippen LogP contribution in [0.1, 0.15) is 23.7 Å². The summed E-state index contributed by atoms with van der Waals surface area (Å²) in [6.45, 7) is 0. The van der Waals surface area contributed by atoms with Crippen LogP contribution in [0.3, 0.4) is 0 Å². The number of hydrogen-bond acceptors (Lipinski definition) is 3. The molecule has 8 aromatic rings. The fraction of sp³-hybridized carbons (Fsp3) is 0.0444. The standard InChI is InChI=1S/C45H31N3/c1-3-14-30(15-4-1)43-46-44(31-16-5-2-6-17-31)48-45(47-43)34-19-13-18-32(28-34)35-20-7-8-21-36(35)33-26-27-41-39-24-10-9-22-37(39)38-23-11-12-25-40(38)42(41)29-33/h1-27,29,32H,28H2. The van der Waals surface area contributed by atoms with Crippen LogP contribution in [0.2, 0.25) is 0 Å². The highest BCUT2D eigenvalue weighted by molar-refractivity contribution is 6.25. The Balaban J connectivity index is 1.13. The number of fused-ring (bicyclic) bond motifs is 6. The number of benzene rings is 7. The lowest BCUT2D eigenvalue weighted by Gasteiger charge is -2.22. The van der Waals surface area contributed by atoms with E-state index in [9.17, 15) is 0 Å². The van der Waals surface area contributed by atoms with E-state index in [1.54, 1.807) is 0 Å². The average Bonchev–Trinajstić information content (AvgIpc) is 3.18. The van der Waals surface area contributed by atoms with E-state index in [1.807, 2.05) is 36.4 Å². The number of allylic oxidation sites excluding steroid dienone is 4. The third-order valence-electron chi connectivity index (χ3n) is 9.48. The molecule has 0 fully saturated rings. The molecule has 1 aliphatic carbocycles. The molecule has 48 heavy (non-hydrogen) atoms. The van der Waals surface area contributed by atoms with E-state index in [0.717, 1.165) is 28.9 Å². The Morgan fingerprint density at radius 2 is 0.917 bits per heavy atom. The Labute approximate surface area is 279 Å². The largest absolute Gasteiger partial charge is 0.209 e. The summed E-state index contributed by atoms with van der Waals surface area (Å²) < 4.78 is 0. The second kappa shape index (κ2) is 11.9. The van der Waals surface area contributed by atoms with Gasteiger partial charge in [-0.05, 0) is 67.1 Å². The first kappa shape index (κ1) is 28.1. The minimum Gasteiger partial charge on any atom is -0.209 e. The smallest absolute Gasteiger partial charge is 0.164 e. The maximum absolute atomic E-state index is 5.03. The summed E-state index contributed by atoms with van der Waals surface area (Å²) in [4.78, 5) is 14.9. The van der Waals surface area contributed by atoms with Crippen molar-refractivity contribution < 1.29 is 0 Å². The first-order chi connectivity index (χ1) is 23.8. The van der Waals surface area contributed by atoms with Crippen molar-refractivity contribution >= 4 is 37.9 Å². The van der Waals surface area contributed by atoms with Crippen molar-refractivity contribution in [3.8, 4) is 33.9 Å². The molecule has 3 heteroatoms. The number of hydrogen-bond donors (Lipinski definition) is 0. The van der Waals surface area contributed by atoms with E-state index in [2.05, 4.69) is 133 Å². The summed E-state index contributed by atoms with van der Waals surface area (Å²) in [5, 5.41) is 7.72. The molecule has 1 unspecified atom stereocenters. The van der Waals surface area contributed by atoms with Gasteiger partial charge < -0.3 is 0 Å². The first-order valence-electron chi connectivity index (χ1n) is 16.5. The van der Waals surface area contributed by atoms with Gasteiger partial charge in [-0.3, -0.25) is 0 Å². The summed E-state index contributed by atoms with van der Waals surface area (Å²) >= 11 is 0. The molecule has 0 saturated heterocycles. The van der Waals surface area contributed by atoms with Crippen LogP contribution in [-0.2, 0) is 0 Å². The minimum atomic E-state index is 0.169. The second-order valence-electron chi connectivity index (χ2n) is 12.4. The normalized spacial score (nSPS) is 14.4. The van der Waals surface area contributed by atoms with Crippen molar-refractivity contribution in [2.75, 3.05) is 0 Å².